The van der Waals surface area contributed by atoms with Crippen LogP contribution in [-0.4, -0.2) is 98.4 Å². The van der Waals surface area contributed by atoms with Gasteiger partial charge in [-0.15, -0.1) is 0 Å². The number of allylic oxidation sites excluding steroid dienone is 4. The van der Waals surface area contributed by atoms with E-state index in [0.717, 1.165) is 85.8 Å². The van der Waals surface area contributed by atoms with Crippen LogP contribution in [0.25, 0.3) is 0 Å². The van der Waals surface area contributed by atoms with E-state index in [1.807, 2.05) is 73.2 Å². The third-order valence-electron chi connectivity index (χ3n) is 10.4. The Kier molecular flexibility index (Phi) is 30.2. The largest absolute Gasteiger partial charge is 0.401 e. The van der Waals surface area contributed by atoms with E-state index in [1.54, 1.807) is 6.20 Å². The van der Waals surface area contributed by atoms with Crippen LogP contribution in [0.5, 0.6) is 0 Å². The van der Waals surface area contributed by atoms with Crippen molar-refractivity contribution in [3.63, 3.8) is 0 Å². The number of likely N-dealkylation sites (tertiary alicyclic amines) is 1. The van der Waals surface area contributed by atoms with E-state index in [2.05, 4.69) is 127 Å². The predicted molar refractivity (Wildman–Crippen MR) is 273 cm³/mol. The Morgan fingerprint density at radius 1 is 1.17 bits per heavy atom. The molecule has 8 N–H and O–H groups in total. The number of aliphatic hydroxyl groups is 1. The molecule has 11 nitrogen and oxygen atoms in total. The number of rotatable bonds is 16. The molecule has 2 heterocycles. The zero-order chi connectivity index (χ0) is 48.0. The molecule has 2 aliphatic carbocycles. The molecule has 0 spiro atoms. The maximum absolute atomic E-state index is 10.3. The van der Waals surface area contributed by atoms with Gasteiger partial charge in [-0.2, -0.15) is 5.10 Å². The van der Waals surface area contributed by atoms with E-state index in [-0.39, 0.29) is 12.0 Å². The summed E-state index contributed by atoms with van der Waals surface area (Å²) in [5.74, 6) is 0.569. The lowest BCUT2D eigenvalue weighted by Crippen LogP contribution is -2.53. The van der Waals surface area contributed by atoms with Gasteiger partial charge in [-0.05, 0) is 109 Å². The van der Waals surface area contributed by atoms with Crippen molar-refractivity contribution < 1.29 is 9.90 Å². The number of benzene rings is 1. The third-order valence-corrected chi connectivity index (χ3v) is 10.7. The molecule has 1 aromatic carbocycles. The number of nitrogens with one attached hydrogen (secondary N) is 3. The van der Waals surface area contributed by atoms with Crippen molar-refractivity contribution in [3.8, 4) is 0 Å². The first kappa shape index (κ1) is 58.7. The smallest absolute Gasteiger partial charge is 0.121 e. The third kappa shape index (κ3) is 24.4. The summed E-state index contributed by atoms with van der Waals surface area (Å²) in [6, 6.07) is 8.58. The van der Waals surface area contributed by atoms with E-state index in [4.69, 9.17) is 23.1 Å². The Balaban J connectivity index is 0.000000865. The minimum absolute atomic E-state index is 0.272. The monoisotopic (exact) mass is 892 g/mol. The number of fused-ring (bicyclic) bond motifs is 1. The topological polar surface area (TPSA) is 157 Å². The van der Waals surface area contributed by atoms with Crippen molar-refractivity contribution in [2.45, 2.75) is 113 Å². The summed E-state index contributed by atoms with van der Waals surface area (Å²) in [6.45, 7) is 29.2. The van der Waals surface area contributed by atoms with Crippen molar-refractivity contribution in [2.75, 3.05) is 65.9 Å². The molecule has 1 aromatic heterocycles. The summed E-state index contributed by atoms with van der Waals surface area (Å²) in [7, 11) is 5.78. The molecule has 63 heavy (non-hydrogen) atoms. The molecule has 1 saturated heterocycles. The zero-order valence-electron chi connectivity index (χ0n) is 41.3. The van der Waals surface area contributed by atoms with E-state index < -0.39 is 0 Å². The average molecular weight is 893 g/mol. The normalized spacial score (nSPS) is 16.9. The Morgan fingerprint density at radius 2 is 1.81 bits per heavy atom. The summed E-state index contributed by atoms with van der Waals surface area (Å²) in [6.07, 6.45) is 21.8. The molecular formula is C51H86ClN9O2. The summed E-state index contributed by atoms with van der Waals surface area (Å²) in [5, 5.41) is 20.6. The summed E-state index contributed by atoms with van der Waals surface area (Å²) in [5.41, 5.74) is 23.2. The van der Waals surface area contributed by atoms with Crippen molar-refractivity contribution >= 4 is 29.3 Å². The molecule has 1 aliphatic heterocycles. The number of aliphatic hydroxyl groups excluding tert-OH is 1. The van der Waals surface area contributed by atoms with E-state index in [9.17, 15) is 9.90 Å². The number of nitrogens with two attached hydrogens (primary N) is 2. The average Bonchev–Trinajstić information content (AvgIpc) is 3.92. The number of carbonyl (C=O) groups is 1. The van der Waals surface area contributed by atoms with Gasteiger partial charge in [-0.1, -0.05) is 109 Å². The van der Waals surface area contributed by atoms with Gasteiger partial charge in [0.1, 0.15) is 6.29 Å². The SMILES string of the molecule is C=C(N)CNC1=CCC(N(C)CCC=O)C=C1.CC.CC(C)(C)CCN.CNC.C[C@H]1c2cncc(Cl)c21.C\C=C/C(=C\N1CC(CC)(CCO)C1)C(/C)=N/Nc1ccc(C)cc1. The number of hydrogen-bond acceptors (Lipinski definition) is 11. The molecule has 354 valence electrons. The standard InChI is InChI=1S/C21H31N3O.C13H21N3O.C7H6ClN.C6H15N.C2H7N.C2H6/c1-5-7-19(14-24-15-21(6-2,16-24)12-13-25)18(4)22-23-20-10-8-17(3)9-11-20;1-11(14)10-15-12-4-6-13(7-5-12)16(2)8-3-9-17;1-4-5-2-9-3-6(8)7(4)5;1-6(2,3)4-5-7;1-3-2;1-2/h5,7-11,14,23,25H,6,12-13,15-16H2,1-4H3;4-6,9,13,15H,1,3,7-8,10,14H2,2H3;2-4H,1H3;4-5,7H2,1-3H3;3H,1-2H3;1-2H3/b7-5-,19-14+,22-18+;;;;;/t;;4-;;;/m..0.../s1. The fourth-order valence-electron chi connectivity index (χ4n) is 6.45. The Morgan fingerprint density at radius 3 is 2.25 bits per heavy atom. The van der Waals surface area contributed by atoms with Crippen LogP contribution in [0.2, 0.25) is 5.02 Å². The summed E-state index contributed by atoms with van der Waals surface area (Å²) < 4.78 is 0. The van der Waals surface area contributed by atoms with Crippen molar-refractivity contribution in [2.24, 2.45) is 27.4 Å². The predicted octanol–water partition coefficient (Wildman–Crippen LogP) is 9.56. The Labute approximate surface area is 388 Å². The molecule has 1 unspecified atom stereocenters. The molecule has 2 aromatic rings. The second-order valence-electron chi connectivity index (χ2n) is 17.2. The van der Waals surface area contributed by atoms with Crippen LogP contribution < -0.4 is 27.5 Å². The van der Waals surface area contributed by atoms with Crippen molar-refractivity contribution in [1.29, 1.82) is 0 Å². The van der Waals surface area contributed by atoms with Crippen molar-refractivity contribution in [3.05, 3.63) is 118 Å². The highest BCUT2D eigenvalue weighted by atomic mass is 35.5. The second-order valence-corrected chi connectivity index (χ2v) is 17.6. The minimum atomic E-state index is 0.272. The molecule has 5 rings (SSSR count). The van der Waals surface area contributed by atoms with Gasteiger partial charge in [0.2, 0.25) is 0 Å². The molecule has 3 aliphatic rings. The van der Waals surface area contributed by atoms with Gasteiger partial charge >= 0.3 is 0 Å². The zero-order valence-corrected chi connectivity index (χ0v) is 42.1. The Hall–Kier alpha value is -4.26. The second kappa shape index (κ2) is 32.4. The fraction of sp³-hybridized carbons (Fsp3) is 0.549. The van der Waals surface area contributed by atoms with Gasteiger partial charge in [-0.25, -0.2) is 0 Å². The minimum Gasteiger partial charge on any atom is -0.401 e. The number of carbonyl (C=O) groups excluding carboxylic acids is 1. The van der Waals surface area contributed by atoms with E-state index in [0.29, 0.717) is 36.0 Å². The lowest BCUT2D eigenvalue weighted by molar-refractivity contribution is -0.108. The number of likely N-dealkylation sites (N-methyl/N-ethyl adjacent to an activating group) is 1. The van der Waals surface area contributed by atoms with Gasteiger partial charge in [0, 0.05) is 85.6 Å². The lowest BCUT2D eigenvalue weighted by atomic mass is 9.75. The van der Waals surface area contributed by atoms with Gasteiger partial charge in [0.05, 0.1) is 23.0 Å². The number of aromatic nitrogens is 1. The molecular weight excluding hydrogens is 806 g/mol. The fourth-order valence-corrected chi connectivity index (χ4v) is 6.78. The first-order chi connectivity index (χ1) is 29.9. The van der Waals surface area contributed by atoms with Gasteiger partial charge in [-0.3, -0.25) is 15.3 Å². The van der Waals surface area contributed by atoms with Crippen molar-refractivity contribution in [1.82, 2.24) is 25.4 Å². The van der Waals surface area contributed by atoms with Crippen LogP contribution in [0.1, 0.15) is 117 Å². The van der Waals surface area contributed by atoms with Crippen LogP contribution in [0.15, 0.2) is 102 Å². The maximum atomic E-state index is 10.3. The first-order valence-corrected chi connectivity index (χ1v) is 23.0. The highest BCUT2D eigenvalue weighted by molar-refractivity contribution is 6.32. The summed E-state index contributed by atoms with van der Waals surface area (Å²) in [4.78, 5) is 18.8. The first-order valence-electron chi connectivity index (χ1n) is 22.6. The van der Waals surface area contributed by atoms with Crippen LogP contribution in [0.3, 0.4) is 0 Å². The van der Waals surface area contributed by atoms with E-state index >= 15 is 0 Å². The van der Waals surface area contributed by atoms with Crippen LogP contribution >= 0.6 is 11.6 Å². The molecule has 0 bridgehead atoms. The van der Waals surface area contributed by atoms with Gasteiger partial charge in [0.15, 0.2) is 0 Å². The summed E-state index contributed by atoms with van der Waals surface area (Å²) >= 11 is 5.79. The van der Waals surface area contributed by atoms with Crippen LogP contribution in [0.4, 0.5) is 5.69 Å². The number of hydrazone groups is 1. The number of nitrogens with zero attached hydrogens (tertiary/aromatic N) is 4. The van der Waals surface area contributed by atoms with Gasteiger partial charge in [0.25, 0.3) is 0 Å². The molecule has 0 saturated carbocycles. The number of aryl methyl sites for hydroxylation is 1. The lowest BCUT2D eigenvalue weighted by Gasteiger charge is -2.50. The van der Waals surface area contributed by atoms with Crippen LogP contribution in [0, 0.1) is 17.8 Å². The Bertz CT molecular complexity index is 1740. The number of pyridine rings is 1. The highest BCUT2D eigenvalue weighted by Gasteiger charge is 2.39. The maximum Gasteiger partial charge on any atom is 0.121 e. The molecule has 0 amide bonds. The van der Waals surface area contributed by atoms with Gasteiger partial charge < -0.3 is 36.9 Å². The number of anilines is 1. The van der Waals surface area contributed by atoms with Crippen LogP contribution in [-0.2, 0) is 4.79 Å². The van der Waals surface area contributed by atoms with E-state index in [1.165, 1.54) is 16.7 Å². The number of aldehydes is 1. The molecule has 1 fully saturated rings. The molecule has 2 atom stereocenters. The number of halogens is 1. The quantitative estimate of drug-likeness (QED) is 0.0415. The molecule has 0 radical (unpaired) electrons. The number of hydrogen-bond donors (Lipinski definition) is 6. The molecule has 12 heteroatoms. The highest BCUT2D eigenvalue weighted by Crippen LogP contribution is 2.46.